The van der Waals surface area contributed by atoms with Crippen LogP contribution in [0.5, 0.6) is 0 Å². The Hall–Kier alpha value is -8.48. The highest BCUT2D eigenvalue weighted by Gasteiger charge is 2.23. The van der Waals surface area contributed by atoms with Gasteiger partial charge in [-0.05, 0) is 54.6 Å². The van der Waals surface area contributed by atoms with Crippen molar-refractivity contribution in [3.8, 4) is 73.5 Å². The number of fused-ring (bicyclic) bond motifs is 7. The topological polar surface area (TPSA) is 69.6 Å². The lowest BCUT2D eigenvalue weighted by Crippen LogP contribution is -2.03. The van der Waals surface area contributed by atoms with Gasteiger partial charge >= 0.3 is 0 Å². The molecule has 0 spiro atoms. The molecule has 0 radical (unpaired) electrons. The van der Waals surface area contributed by atoms with E-state index < -0.39 is 0 Å². The van der Waals surface area contributed by atoms with Crippen molar-refractivity contribution >= 4 is 43.7 Å². The largest absolute Gasteiger partial charge is 0.456 e. The normalized spacial score (nSPS) is 11.5. The van der Waals surface area contributed by atoms with E-state index in [2.05, 4.69) is 132 Å². The molecule has 0 aliphatic rings. The first-order valence-electron chi connectivity index (χ1n) is 20.7. The van der Waals surface area contributed by atoms with Crippen LogP contribution in [0.1, 0.15) is 0 Å². The zero-order chi connectivity index (χ0) is 41.0. The van der Waals surface area contributed by atoms with Crippen molar-refractivity contribution in [2.75, 3.05) is 0 Å². The van der Waals surface area contributed by atoms with Crippen molar-refractivity contribution in [2.45, 2.75) is 0 Å². The van der Waals surface area contributed by atoms with Gasteiger partial charge in [0.15, 0.2) is 11.6 Å². The van der Waals surface area contributed by atoms with Crippen LogP contribution in [0.4, 0.5) is 0 Å². The molecule has 0 atom stereocenters. The quantitative estimate of drug-likeness (QED) is 0.161. The van der Waals surface area contributed by atoms with Crippen molar-refractivity contribution in [1.29, 1.82) is 0 Å². The number of benzene rings is 8. The molecule has 62 heavy (non-hydrogen) atoms. The lowest BCUT2D eigenvalue weighted by atomic mass is 10.0. The Morgan fingerprint density at radius 1 is 0.339 bits per heavy atom. The van der Waals surface area contributed by atoms with Crippen LogP contribution in [0.15, 0.2) is 217 Å². The summed E-state index contributed by atoms with van der Waals surface area (Å²) in [5.74, 6) is 1.19. The maximum atomic E-state index is 6.51. The molecule has 6 nitrogen and oxygen atoms in total. The molecule has 12 rings (SSSR count). The van der Waals surface area contributed by atoms with E-state index in [0.717, 1.165) is 106 Å². The molecule has 0 fully saturated rings. The van der Waals surface area contributed by atoms with Gasteiger partial charge in [0.05, 0.1) is 44.9 Å². The molecule has 0 saturated carbocycles. The summed E-state index contributed by atoms with van der Waals surface area (Å²) in [7, 11) is 0. The molecule has 0 N–H and O–H groups in total. The van der Waals surface area contributed by atoms with Crippen LogP contribution in [-0.2, 0) is 0 Å². The fourth-order valence-electron chi connectivity index (χ4n) is 8.74. The second-order valence-corrected chi connectivity index (χ2v) is 15.4. The number of furan rings is 1. The third-order valence-electron chi connectivity index (χ3n) is 11.6. The molecule has 0 aliphatic heterocycles. The van der Waals surface area contributed by atoms with Gasteiger partial charge in [0.25, 0.3) is 0 Å². The Labute approximate surface area is 357 Å². The lowest BCUT2D eigenvalue weighted by molar-refractivity contribution is 0.669. The van der Waals surface area contributed by atoms with Crippen molar-refractivity contribution in [1.82, 2.24) is 24.5 Å². The first-order chi connectivity index (χ1) is 30.7. The van der Waals surface area contributed by atoms with Crippen molar-refractivity contribution in [2.24, 2.45) is 0 Å². The van der Waals surface area contributed by atoms with Crippen LogP contribution >= 0.6 is 0 Å². The number of rotatable bonds is 7. The molecule has 290 valence electrons. The summed E-state index contributed by atoms with van der Waals surface area (Å²) in [6.45, 7) is 0. The molecule has 0 amide bonds. The predicted molar refractivity (Wildman–Crippen MR) is 252 cm³/mol. The molecule has 0 aliphatic carbocycles. The Morgan fingerprint density at radius 2 is 0.823 bits per heavy atom. The van der Waals surface area contributed by atoms with E-state index in [0.29, 0.717) is 11.6 Å². The van der Waals surface area contributed by atoms with Gasteiger partial charge in [0.1, 0.15) is 11.2 Å². The average Bonchev–Trinajstić information content (AvgIpc) is 3.90. The summed E-state index contributed by atoms with van der Waals surface area (Å²) in [5, 5.41) is 4.38. The van der Waals surface area contributed by atoms with Crippen LogP contribution in [0.2, 0.25) is 0 Å². The van der Waals surface area contributed by atoms with Gasteiger partial charge in [-0.1, -0.05) is 158 Å². The number of hydrogen-bond donors (Lipinski definition) is 0. The maximum absolute atomic E-state index is 6.51. The van der Waals surface area contributed by atoms with Crippen molar-refractivity contribution in [3.05, 3.63) is 212 Å². The van der Waals surface area contributed by atoms with E-state index >= 15 is 0 Å². The zero-order valence-electron chi connectivity index (χ0n) is 33.4. The Morgan fingerprint density at radius 3 is 1.39 bits per heavy atom. The molecule has 12 aromatic rings. The first-order valence-corrected chi connectivity index (χ1v) is 20.7. The predicted octanol–water partition coefficient (Wildman–Crippen LogP) is 14.3. The summed E-state index contributed by atoms with van der Waals surface area (Å²) in [5.41, 5.74) is 13.7. The van der Waals surface area contributed by atoms with Crippen molar-refractivity contribution < 1.29 is 4.42 Å². The Kier molecular flexibility index (Phi) is 8.38. The van der Waals surface area contributed by atoms with Gasteiger partial charge < -0.3 is 8.98 Å². The molecular formula is C56H35N5O. The molecule has 0 saturated heterocycles. The van der Waals surface area contributed by atoms with Crippen molar-refractivity contribution in [3.63, 3.8) is 0 Å². The Bertz CT molecular complexity index is 3500. The van der Waals surface area contributed by atoms with E-state index in [9.17, 15) is 0 Å². The third kappa shape index (κ3) is 6.04. The summed E-state index contributed by atoms with van der Waals surface area (Å²) >= 11 is 0. The van der Waals surface area contributed by atoms with Gasteiger partial charge in [-0.15, -0.1) is 0 Å². The van der Waals surface area contributed by atoms with Crippen LogP contribution in [0.25, 0.3) is 117 Å². The smallest absolute Gasteiger partial charge is 0.162 e. The summed E-state index contributed by atoms with van der Waals surface area (Å²) in [6.07, 6.45) is 0. The van der Waals surface area contributed by atoms with Gasteiger partial charge in [-0.2, -0.15) is 0 Å². The van der Waals surface area contributed by atoms with E-state index in [4.69, 9.17) is 24.4 Å². The maximum Gasteiger partial charge on any atom is 0.162 e. The standard InChI is InChI=1S/C56H35N5O/c1-5-17-36(18-6-1)45-34-46(37-19-7-2-8-20-37)58-55(57-45)40-29-31-50(44(33-40)56-59-47(38-21-9-3-10-22-38)35-48(60-56)39-23-11-4-12-24-39)61-49-27-15-13-25-41(49)42-30-32-52-53(54(42)61)43-26-14-16-28-51(43)62-52/h1-35H. The fraction of sp³-hybridized carbons (Fsp3) is 0. The van der Waals surface area contributed by atoms with E-state index in [1.807, 2.05) is 84.9 Å². The molecule has 6 heteroatoms. The summed E-state index contributed by atoms with van der Waals surface area (Å²) in [6, 6.07) is 73.0. The minimum Gasteiger partial charge on any atom is -0.456 e. The summed E-state index contributed by atoms with van der Waals surface area (Å²) < 4.78 is 8.88. The SMILES string of the molecule is c1ccc(-c2cc(-c3ccccc3)nc(-c3ccc(-n4c5ccccc5c5ccc6oc7ccccc7c6c54)c(-c4nc(-c5ccccc5)cc(-c5ccccc5)n4)c3)n2)cc1. The van der Waals surface area contributed by atoms with Gasteiger partial charge in [0.2, 0.25) is 0 Å². The van der Waals surface area contributed by atoms with Crippen LogP contribution in [0, 0.1) is 0 Å². The van der Waals surface area contributed by atoms with Crippen LogP contribution < -0.4 is 0 Å². The number of nitrogens with zero attached hydrogens (tertiary/aromatic N) is 5. The molecule has 4 heterocycles. The highest BCUT2D eigenvalue weighted by Crippen LogP contribution is 2.43. The first kappa shape index (κ1) is 35.5. The third-order valence-corrected chi connectivity index (χ3v) is 11.6. The van der Waals surface area contributed by atoms with Gasteiger partial charge in [0, 0.05) is 49.5 Å². The van der Waals surface area contributed by atoms with Crippen LogP contribution in [0.3, 0.4) is 0 Å². The van der Waals surface area contributed by atoms with Gasteiger partial charge in [-0.3, -0.25) is 0 Å². The monoisotopic (exact) mass is 793 g/mol. The highest BCUT2D eigenvalue weighted by atomic mass is 16.3. The van der Waals surface area contributed by atoms with E-state index in [1.165, 1.54) is 0 Å². The van der Waals surface area contributed by atoms with E-state index in [1.54, 1.807) is 0 Å². The minimum absolute atomic E-state index is 0.583. The lowest BCUT2D eigenvalue weighted by Gasteiger charge is -2.17. The highest BCUT2D eigenvalue weighted by molar-refractivity contribution is 6.24. The number of para-hydroxylation sites is 2. The molecule has 4 aromatic heterocycles. The zero-order valence-corrected chi connectivity index (χ0v) is 33.4. The molecule has 8 aromatic carbocycles. The summed E-state index contributed by atoms with van der Waals surface area (Å²) in [4.78, 5) is 21.3. The number of aromatic nitrogens is 5. The average molecular weight is 794 g/mol. The van der Waals surface area contributed by atoms with Crippen LogP contribution in [-0.4, -0.2) is 24.5 Å². The molecule has 0 bridgehead atoms. The molecular weight excluding hydrogens is 759 g/mol. The number of hydrogen-bond acceptors (Lipinski definition) is 5. The second-order valence-electron chi connectivity index (χ2n) is 15.4. The van der Waals surface area contributed by atoms with Gasteiger partial charge in [-0.25, -0.2) is 19.9 Å². The Balaban J connectivity index is 1.19. The fourth-order valence-corrected chi connectivity index (χ4v) is 8.74. The second kappa shape index (κ2) is 14.7. The molecule has 0 unspecified atom stereocenters. The van der Waals surface area contributed by atoms with E-state index in [-0.39, 0.29) is 0 Å². The minimum atomic E-state index is 0.583.